The van der Waals surface area contributed by atoms with Crippen molar-refractivity contribution >= 4 is 11.4 Å². The summed E-state index contributed by atoms with van der Waals surface area (Å²) >= 11 is 0. The Labute approximate surface area is 70.7 Å². The summed E-state index contributed by atoms with van der Waals surface area (Å²) in [5.74, 6) is 0.475. The topological polar surface area (TPSA) is 81.5 Å². The summed E-state index contributed by atoms with van der Waals surface area (Å²) in [4.78, 5) is 0. The smallest absolute Gasteiger partial charge is 0.194 e. The maximum Gasteiger partial charge on any atom is 0.194 e. The van der Waals surface area contributed by atoms with E-state index in [4.69, 9.17) is 21.3 Å². The van der Waals surface area contributed by atoms with Crippen LogP contribution in [0.25, 0.3) is 0 Å². The molecule has 0 aliphatic heterocycles. The molecule has 4 heteroatoms. The van der Waals surface area contributed by atoms with Crippen molar-refractivity contribution in [1.82, 2.24) is 0 Å². The second-order valence-electron chi connectivity index (χ2n) is 2.55. The largest absolute Gasteiger partial charge is 0.465 e. The fourth-order valence-electron chi connectivity index (χ4n) is 0.911. The Bertz CT molecular complexity index is 254. The van der Waals surface area contributed by atoms with Crippen LogP contribution in [-0.4, -0.2) is 11.4 Å². The monoisotopic (exact) mass is 168 g/mol. The molecule has 0 saturated carbocycles. The van der Waals surface area contributed by atoms with Gasteiger partial charge in [-0.3, -0.25) is 0 Å². The van der Waals surface area contributed by atoms with E-state index >= 15 is 0 Å². The molecule has 4 nitrogen and oxygen atoms in total. The molecular formula is C8H12N2O2. The molecular weight excluding hydrogens is 156 g/mol. The lowest BCUT2D eigenvalue weighted by molar-refractivity contribution is -0.000184. The second-order valence-corrected chi connectivity index (χ2v) is 2.55. The molecule has 5 N–H and O–H groups in total. The molecule has 1 aromatic rings. The van der Waals surface area contributed by atoms with Crippen molar-refractivity contribution in [1.29, 1.82) is 0 Å². The fourth-order valence-corrected chi connectivity index (χ4v) is 0.911. The average Bonchev–Trinajstić information content (AvgIpc) is 1.81. The molecule has 1 aromatic carbocycles. The van der Waals surface area contributed by atoms with Gasteiger partial charge < -0.3 is 21.3 Å². The molecule has 0 heterocycles. The predicted molar refractivity (Wildman–Crippen MR) is 47.6 cm³/mol. The van der Waals surface area contributed by atoms with Crippen LogP contribution in [-0.2, 0) is 0 Å². The Morgan fingerprint density at radius 3 is 2.17 bits per heavy atom. The van der Waals surface area contributed by atoms with Crippen LogP contribution in [0.15, 0.2) is 18.2 Å². The molecule has 12 heavy (non-hydrogen) atoms. The van der Waals surface area contributed by atoms with Gasteiger partial charge in [-0.2, -0.15) is 0 Å². The van der Waals surface area contributed by atoms with Gasteiger partial charge in [0, 0.05) is 23.5 Å². The van der Waals surface area contributed by atoms with E-state index in [0.29, 0.717) is 17.1 Å². The number of hydrogen-bond acceptors (Lipinski definition) is 4. The van der Waals surface area contributed by atoms with Crippen LogP contribution >= 0.6 is 0 Å². The molecule has 0 aromatic heterocycles. The third-order valence-electron chi connectivity index (χ3n) is 1.26. The van der Waals surface area contributed by atoms with E-state index in [1.165, 1.54) is 6.92 Å². The molecule has 0 fully saturated rings. The SMILES string of the molecule is CC(O)Oc1cc(N)cc(N)c1. The van der Waals surface area contributed by atoms with Crippen LogP contribution in [0.5, 0.6) is 5.75 Å². The highest BCUT2D eigenvalue weighted by atomic mass is 16.6. The lowest BCUT2D eigenvalue weighted by Gasteiger charge is -2.09. The van der Waals surface area contributed by atoms with Gasteiger partial charge in [0.2, 0.25) is 0 Å². The average molecular weight is 168 g/mol. The van der Waals surface area contributed by atoms with Crippen molar-refractivity contribution in [3.63, 3.8) is 0 Å². The van der Waals surface area contributed by atoms with Gasteiger partial charge in [0.15, 0.2) is 6.29 Å². The second kappa shape index (κ2) is 3.32. The molecule has 0 aliphatic rings. The number of aliphatic hydroxyl groups is 1. The standard InChI is InChI=1S/C8H12N2O2/c1-5(11)12-8-3-6(9)2-7(10)4-8/h2-5,11H,9-10H2,1H3. The molecule has 66 valence electrons. The van der Waals surface area contributed by atoms with Gasteiger partial charge >= 0.3 is 0 Å². The Morgan fingerprint density at radius 1 is 1.25 bits per heavy atom. The van der Waals surface area contributed by atoms with E-state index in [1.54, 1.807) is 18.2 Å². The van der Waals surface area contributed by atoms with Gasteiger partial charge in [0.05, 0.1) is 0 Å². The maximum atomic E-state index is 8.88. The number of hydrogen-bond donors (Lipinski definition) is 3. The third-order valence-corrected chi connectivity index (χ3v) is 1.26. The van der Waals surface area contributed by atoms with Crippen LogP contribution in [0, 0.1) is 0 Å². The normalized spacial score (nSPS) is 12.5. The number of nitrogen functional groups attached to an aromatic ring is 2. The van der Waals surface area contributed by atoms with Crippen molar-refractivity contribution in [3.8, 4) is 5.75 Å². The van der Waals surface area contributed by atoms with Gasteiger partial charge in [-0.25, -0.2) is 0 Å². The molecule has 1 unspecified atom stereocenters. The van der Waals surface area contributed by atoms with Gasteiger partial charge in [0.25, 0.3) is 0 Å². The first-order chi connectivity index (χ1) is 5.58. The highest BCUT2D eigenvalue weighted by Crippen LogP contribution is 2.20. The van der Waals surface area contributed by atoms with Gasteiger partial charge in [-0.1, -0.05) is 0 Å². The summed E-state index contributed by atoms with van der Waals surface area (Å²) in [5, 5.41) is 8.88. The third kappa shape index (κ3) is 2.32. The Morgan fingerprint density at radius 2 is 1.75 bits per heavy atom. The summed E-state index contributed by atoms with van der Waals surface area (Å²) in [6.07, 6.45) is -0.855. The Kier molecular flexibility index (Phi) is 2.40. The summed E-state index contributed by atoms with van der Waals surface area (Å²) < 4.78 is 4.97. The van der Waals surface area contributed by atoms with Gasteiger partial charge in [0.1, 0.15) is 5.75 Å². The number of rotatable bonds is 2. The van der Waals surface area contributed by atoms with Crippen molar-refractivity contribution in [3.05, 3.63) is 18.2 Å². The van der Waals surface area contributed by atoms with Crippen molar-refractivity contribution in [2.45, 2.75) is 13.2 Å². The predicted octanol–water partition coefficient (Wildman–Crippen LogP) is 0.568. The zero-order valence-electron chi connectivity index (χ0n) is 6.82. The van der Waals surface area contributed by atoms with Crippen LogP contribution in [0.2, 0.25) is 0 Å². The van der Waals surface area contributed by atoms with Crippen LogP contribution in [0.4, 0.5) is 11.4 Å². The minimum absolute atomic E-state index is 0.475. The number of ether oxygens (including phenoxy) is 1. The zero-order chi connectivity index (χ0) is 9.14. The summed E-state index contributed by atoms with van der Waals surface area (Å²) in [6, 6.07) is 4.82. The fraction of sp³-hybridized carbons (Fsp3) is 0.250. The van der Waals surface area contributed by atoms with E-state index in [0.717, 1.165) is 0 Å². The van der Waals surface area contributed by atoms with Crippen molar-refractivity contribution in [2.24, 2.45) is 0 Å². The summed E-state index contributed by atoms with van der Waals surface area (Å²) in [7, 11) is 0. The van der Waals surface area contributed by atoms with Crippen molar-refractivity contribution in [2.75, 3.05) is 11.5 Å². The number of benzene rings is 1. The number of aliphatic hydroxyl groups excluding tert-OH is 1. The molecule has 1 rings (SSSR count). The zero-order valence-corrected chi connectivity index (χ0v) is 6.82. The van der Waals surface area contributed by atoms with Crippen LogP contribution in [0.1, 0.15) is 6.92 Å². The van der Waals surface area contributed by atoms with Crippen LogP contribution in [0.3, 0.4) is 0 Å². The summed E-state index contributed by atoms with van der Waals surface area (Å²) in [6.45, 7) is 1.51. The lowest BCUT2D eigenvalue weighted by atomic mass is 10.3. The quantitative estimate of drug-likeness (QED) is 0.445. The summed E-state index contributed by atoms with van der Waals surface area (Å²) in [5.41, 5.74) is 12.0. The van der Waals surface area contributed by atoms with Gasteiger partial charge in [-0.15, -0.1) is 0 Å². The molecule has 0 radical (unpaired) electrons. The highest BCUT2D eigenvalue weighted by Gasteiger charge is 2.00. The van der Waals surface area contributed by atoms with E-state index in [-0.39, 0.29) is 0 Å². The first-order valence-electron chi connectivity index (χ1n) is 3.58. The van der Waals surface area contributed by atoms with E-state index in [1.807, 2.05) is 0 Å². The van der Waals surface area contributed by atoms with E-state index < -0.39 is 6.29 Å². The lowest BCUT2D eigenvalue weighted by Crippen LogP contribution is -2.09. The number of anilines is 2. The van der Waals surface area contributed by atoms with E-state index in [2.05, 4.69) is 0 Å². The highest BCUT2D eigenvalue weighted by molar-refractivity contribution is 5.56. The molecule has 0 saturated heterocycles. The Balaban J connectivity index is 2.85. The first kappa shape index (κ1) is 8.67. The van der Waals surface area contributed by atoms with Crippen LogP contribution < -0.4 is 16.2 Å². The number of nitrogens with two attached hydrogens (primary N) is 2. The Hall–Kier alpha value is -1.42. The van der Waals surface area contributed by atoms with Crippen molar-refractivity contribution < 1.29 is 9.84 Å². The molecule has 1 atom stereocenters. The maximum absolute atomic E-state index is 8.88. The molecule has 0 amide bonds. The molecule has 0 bridgehead atoms. The van der Waals surface area contributed by atoms with E-state index in [9.17, 15) is 0 Å². The first-order valence-corrected chi connectivity index (χ1v) is 3.58. The minimum Gasteiger partial charge on any atom is -0.465 e. The molecule has 0 aliphatic carbocycles. The van der Waals surface area contributed by atoms with Gasteiger partial charge in [-0.05, 0) is 13.0 Å². The molecule has 0 spiro atoms. The minimum atomic E-state index is -0.855.